The van der Waals surface area contributed by atoms with Crippen LogP contribution in [0, 0.1) is 0 Å². The number of rotatable bonds is 12. The molecule has 0 radical (unpaired) electrons. The Kier molecular flexibility index (Phi) is 9.75. The third-order valence-electron chi connectivity index (χ3n) is 8.02. The highest BCUT2D eigenvalue weighted by Gasteiger charge is 2.47. The van der Waals surface area contributed by atoms with Gasteiger partial charge in [0.05, 0.1) is 11.2 Å². The standard InChI is InChI=1S/C37H40O6S2/c1-35(2,44)33(38)42-23-21-40-27-17-13-25(14-18-27)37(31-11-7-5-9-29(31)30-10-6-8-12-32(30)37)26-15-19-28(20-16-26)41-22-24-43-34(39)36(3,4)45/h5-15,17-19,44-45H,16,20-24H2,1-4H3. The molecule has 0 aromatic heterocycles. The van der Waals surface area contributed by atoms with Crippen LogP contribution in [-0.4, -0.2) is 47.9 Å². The fraction of sp³-hybridized carbons (Fsp3) is 0.351. The Morgan fingerprint density at radius 1 is 0.667 bits per heavy atom. The first kappa shape index (κ1) is 32.8. The molecule has 2 aliphatic rings. The van der Waals surface area contributed by atoms with Crippen molar-refractivity contribution in [3.63, 3.8) is 0 Å². The van der Waals surface area contributed by atoms with Crippen LogP contribution in [0.4, 0.5) is 0 Å². The molecule has 0 N–H and O–H groups in total. The van der Waals surface area contributed by atoms with E-state index in [9.17, 15) is 9.59 Å². The summed E-state index contributed by atoms with van der Waals surface area (Å²) in [5.74, 6) is 0.812. The first-order valence-electron chi connectivity index (χ1n) is 15.2. The van der Waals surface area contributed by atoms with Crippen molar-refractivity contribution >= 4 is 37.2 Å². The molecule has 0 fully saturated rings. The minimum Gasteiger partial charge on any atom is -0.494 e. The number of carbonyl (C=O) groups excluding carboxylic acids is 2. The first-order chi connectivity index (χ1) is 21.4. The van der Waals surface area contributed by atoms with Crippen molar-refractivity contribution in [2.75, 3.05) is 26.4 Å². The van der Waals surface area contributed by atoms with Gasteiger partial charge in [0.2, 0.25) is 0 Å². The highest BCUT2D eigenvalue weighted by molar-refractivity contribution is 7.82. The summed E-state index contributed by atoms with van der Waals surface area (Å²) in [7, 11) is 0. The molecule has 0 bridgehead atoms. The maximum absolute atomic E-state index is 12.0. The van der Waals surface area contributed by atoms with Crippen molar-refractivity contribution in [1.29, 1.82) is 0 Å². The zero-order chi connectivity index (χ0) is 32.2. The second-order valence-corrected chi connectivity index (χ2v) is 14.5. The van der Waals surface area contributed by atoms with E-state index < -0.39 is 14.9 Å². The average molecular weight is 645 g/mol. The van der Waals surface area contributed by atoms with Gasteiger partial charge in [-0.3, -0.25) is 9.59 Å². The van der Waals surface area contributed by atoms with E-state index in [1.807, 2.05) is 18.2 Å². The Balaban J connectivity index is 1.40. The summed E-state index contributed by atoms with van der Waals surface area (Å²) in [4.78, 5) is 24.0. The molecule has 2 aliphatic carbocycles. The molecular weight excluding hydrogens is 605 g/mol. The average Bonchev–Trinajstić information content (AvgIpc) is 3.32. The van der Waals surface area contributed by atoms with E-state index in [2.05, 4.69) is 92.0 Å². The molecule has 45 heavy (non-hydrogen) atoms. The van der Waals surface area contributed by atoms with Gasteiger partial charge in [-0.1, -0.05) is 72.3 Å². The second-order valence-electron chi connectivity index (χ2n) is 12.3. The van der Waals surface area contributed by atoms with E-state index in [1.54, 1.807) is 27.7 Å². The van der Waals surface area contributed by atoms with Gasteiger partial charge >= 0.3 is 11.9 Å². The number of fused-ring (bicyclic) bond motifs is 3. The van der Waals surface area contributed by atoms with Gasteiger partial charge in [-0.15, -0.1) is 0 Å². The number of allylic oxidation sites excluding steroid dienone is 4. The van der Waals surface area contributed by atoms with E-state index in [0.29, 0.717) is 5.75 Å². The number of hydrogen-bond donors (Lipinski definition) is 2. The molecule has 0 aliphatic heterocycles. The Morgan fingerprint density at radius 2 is 1.18 bits per heavy atom. The van der Waals surface area contributed by atoms with Crippen LogP contribution in [0.2, 0.25) is 0 Å². The molecule has 6 nitrogen and oxygen atoms in total. The highest BCUT2D eigenvalue weighted by atomic mass is 32.1. The lowest BCUT2D eigenvalue weighted by atomic mass is 9.65. The van der Waals surface area contributed by atoms with Gasteiger partial charge in [0, 0.05) is 6.42 Å². The normalized spacial score (nSPS) is 15.2. The lowest BCUT2D eigenvalue weighted by molar-refractivity contribution is -0.147. The van der Waals surface area contributed by atoms with Gasteiger partial charge in [-0.2, -0.15) is 25.3 Å². The second kappa shape index (κ2) is 13.4. The number of thiol groups is 2. The molecule has 0 saturated heterocycles. The molecule has 0 amide bonds. The van der Waals surface area contributed by atoms with E-state index >= 15 is 0 Å². The quantitative estimate of drug-likeness (QED) is 0.121. The maximum Gasteiger partial charge on any atom is 0.321 e. The molecule has 0 spiro atoms. The summed E-state index contributed by atoms with van der Waals surface area (Å²) in [5.41, 5.74) is 6.85. The predicted molar refractivity (Wildman–Crippen MR) is 183 cm³/mol. The molecule has 5 rings (SSSR count). The SMILES string of the molecule is CC(C)(S)C(=O)OCCOC1=CC=C(C2(c3ccc(OCCOC(=O)C(C)(C)S)cc3)c3ccccc3-c3ccccc32)CC1. The van der Waals surface area contributed by atoms with E-state index in [0.717, 1.165) is 24.2 Å². The smallest absolute Gasteiger partial charge is 0.321 e. The third-order valence-corrected chi connectivity index (χ3v) is 8.39. The zero-order valence-corrected chi connectivity index (χ0v) is 28.0. The van der Waals surface area contributed by atoms with Crippen LogP contribution in [0.3, 0.4) is 0 Å². The van der Waals surface area contributed by atoms with Crippen molar-refractivity contribution in [3.8, 4) is 16.9 Å². The van der Waals surface area contributed by atoms with Crippen LogP contribution in [0.1, 0.15) is 57.2 Å². The van der Waals surface area contributed by atoms with Crippen molar-refractivity contribution in [2.24, 2.45) is 0 Å². The van der Waals surface area contributed by atoms with Crippen LogP contribution in [0.5, 0.6) is 5.75 Å². The summed E-state index contributed by atoms with van der Waals surface area (Å²) < 4.78 is 20.8. The van der Waals surface area contributed by atoms with E-state index in [-0.39, 0.29) is 38.4 Å². The van der Waals surface area contributed by atoms with Crippen LogP contribution >= 0.6 is 25.3 Å². The largest absolute Gasteiger partial charge is 0.494 e. The molecule has 8 heteroatoms. The molecular formula is C37H40O6S2. The van der Waals surface area contributed by atoms with Gasteiger partial charge in [0.15, 0.2) is 0 Å². The van der Waals surface area contributed by atoms with E-state index in [1.165, 1.54) is 27.8 Å². The van der Waals surface area contributed by atoms with E-state index in [4.69, 9.17) is 18.9 Å². The van der Waals surface area contributed by atoms with Crippen molar-refractivity contribution in [2.45, 2.75) is 55.4 Å². The summed E-state index contributed by atoms with van der Waals surface area (Å²) >= 11 is 8.52. The number of carbonyl (C=O) groups is 2. The zero-order valence-electron chi connectivity index (χ0n) is 26.2. The van der Waals surface area contributed by atoms with Gasteiger partial charge in [0.1, 0.15) is 41.7 Å². The van der Waals surface area contributed by atoms with Crippen molar-refractivity contribution in [3.05, 3.63) is 113 Å². The molecule has 3 aromatic rings. The first-order valence-corrected chi connectivity index (χ1v) is 16.1. The Morgan fingerprint density at radius 3 is 1.67 bits per heavy atom. The molecule has 0 unspecified atom stereocenters. The summed E-state index contributed by atoms with van der Waals surface area (Å²) in [6.07, 6.45) is 5.75. The van der Waals surface area contributed by atoms with Crippen LogP contribution in [0.15, 0.2) is 96.3 Å². The van der Waals surface area contributed by atoms with Crippen LogP contribution in [0.25, 0.3) is 11.1 Å². The van der Waals surface area contributed by atoms with Crippen molar-refractivity contribution in [1.82, 2.24) is 0 Å². The van der Waals surface area contributed by atoms with Gasteiger partial charge in [-0.05, 0) is 80.1 Å². The summed E-state index contributed by atoms with van der Waals surface area (Å²) in [5, 5.41) is 0. The maximum atomic E-state index is 12.0. The molecule has 0 atom stereocenters. The van der Waals surface area contributed by atoms with Gasteiger partial charge in [-0.25, -0.2) is 0 Å². The van der Waals surface area contributed by atoms with Crippen LogP contribution in [-0.2, 0) is 29.2 Å². The fourth-order valence-corrected chi connectivity index (χ4v) is 6.01. The Bertz CT molecular complexity index is 1560. The van der Waals surface area contributed by atoms with Gasteiger partial charge < -0.3 is 18.9 Å². The number of esters is 2. The summed E-state index contributed by atoms with van der Waals surface area (Å²) in [6, 6.07) is 25.4. The van der Waals surface area contributed by atoms with Crippen molar-refractivity contribution < 1.29 is 28.5 Å². The highest BCUT2D eigenvalue weighted by Crippen LogP contribution is 2.57. The molecule has 0 saturated carbocycles. The lowest BCUT2D eigenvalue weighted by Crippen LogP contribution is -2.30. The fourth-order valence-electron chi connectivity index (χ4n) is 5.88. The number of benzene rings is 3. The monoisotopic (exact) mass is 644 g/mol. The Labute approximate surface area is 276 Å². The number of hydrogen-bond acceptors (Lipinski definition) is 8. The minimum atomic E-state index is -0.849. The lowest BCUT2D eigenvalue weighted by Gasteiger charge is -2.37. The number of ether oxygens (including phenoxy) is 4. The molecule has 0 heterocycles. The summed E-state index contributed by atoms with van der Waals surface area (Å²) in [6.45, 7) is 7.66. The Hall–Kier alpha value is -3.62. The minimum absolute atomic E-state index is 0.147. The van der Waals surface area contributed by atoms with Gasteiger partial charge in [0.25, 0.3) is 0 Å². The topological polar surface area (TPSA) is 71.1 Å². The molecule has 3 aromatic carbocycles. The molecule has 236 valence electrons. The predicted octanol–water partition coefficient (Wildman–Crippen LogP) is 7.50. The third kappa shape index (κ3) is 6.97. The van der Waals surface area contributed by atoms with Crippen LogP contribution < -0.4 is 4.74 Å².